The van der Waals surface area contributed by atoms with Crippen LogP contribution in [0.4, 0.5) is 4.39 Å². The Hall–Kier alpha value is -2.20. The second-order valence-electron chi connectivity index (χ2n) is 8.59. The van der Waals surface area contributed by atoms with Gasteiger partial charge in [0, 0.05) is 25.6 Å². The molecule has 29 heavy (non-hydrogen) atoms. The summed E-state index contributed by atoms with van der Waals surface area (Å²) in [5, 5.41) is 0. The molecule has 0 spiro atoms. The third-order valence-corrected chi connectivity index (χ3v) is 6.60. The number of piperidine rings is 1. The molecule has 0 aliphatic carbocycles. The van der Waals surface area contributed by atoms with Crippen molar-refractivity contribution in [1.29, 1.82) is 0 Å². The van der Waals surface area contributed by atoms with Crippen LogP contribution in [0, 0.1) is 11.7 Å². The summed E-state index contributed by atoms with van der Waals surface area (Å²) < 4.78 is 13.1. The maximum absolute atomic E-state index is 13.1. The Morgan fingerprint density at radius 3 is 2.28 bits per heavy atom. The van der Waals surface area contributed by atoms with Crippen LogP contribution < -0.4 is 0 Å². The lowest BCUT2D eigenvalue weighted by atomic mass is 9.89. The van der Waals surface area contributed by atoms with Crippen molar-refractivity contribution in [2.24, 2.45) is 5.92 Å². The molecule has 0 radical (unpaired) electrons. The molecular weight excluding hydrogens is 363 g/mol. The summed E-state index contributed by atoms with van der Waals surface area (Å²) in [7, 11) is 0. The fourth-order valence-corrected chi connectivity index (χ4v) is 4.83. The van der Waals surface area contributed by atoms with Crippen molar-refractivity contribution in [3.8, 4) is 0 Å². The molecule has 2 aliphatic heterocycles. The highest BCUT2D eigenvalue weighted by Gasteiger charge is 2.29. The van der Waals surface area contributed by atoms with Gasteiger partial charge < -0.3 is 9.80 Å². The molecule has 2 heterocycles. The van der Waals surface area contributed by atoms with E-state index in [-0.39, 0.29) is 11.7 Å². The number of carbonyl (C=O) groups excluding carboxylic acids is 1. The second-order valence-corrected chi connectivity index (χ2v) is 8.59. The molecule has 3 nitrogen and oxygen atoms in total. The van der Waals surface area contributed by atoms with Gasteiger partial charge in [-0.1, -0.05) is 42.5 Å². The Labute approximate surface area is 173 Å². The first-order valence-electron chi connectivity index (χ1n) is 11.0. The van der Waals surface area contributed by atoms with Gasteiger partial charge in [-0.05, 0) is 74.4 Å². The van der Waals surface area contributed by atoms with Gasteiger partial charge in [0.05, 0.1) is 0 Å². The van der Waals surface area contributed by atoms with Crippen LogP contribution in [0.3, 0.4) is 0 Å². The van der Waals surface area contributed by atoms with Gasteiger partial charge in [0.2, 0.25) is 5.91 Å². The summed E-state index contributed by atoms with van der Waals surface area (Å²) in [6, 6.07) is 17.8. The molecule has 0 saturated carbocycles. The lowest BCUT2D eigenvalue weighted by Gasteiger charge is -2.37. The normalized spacial score (nSPS) is 21.9. The van der Waals surface area contributed by atoms with Crippen molar-refractivity contribution in [2.45, 2.75) is 51.1 Å². The fourth-order valence-electron chi connectivity index (χ4n) is 4.83. The minimum atomic E-state index is -0.230. The third-order valence-electron chi connectivity index (χ3n) is 6.60. The topological polar surface area (TPSA) is 23.6 Å². The minimum Gasteiger partial charge on any atom is -0.338 e. The van der Waals surface area contributed by atoms with Crippen molar-refractivity contribution in [1.82, 2.24) is 9.80 Å². The molecule has 4 rings (SSSR count). The van der Waals surface area contributed by atoms with E-state index in [0.717, 1.165) is 44.0 Å². The van der Waals surface area contributed by atoms with Gasteiger partial charge in [-0.3, -0.25) is 4.79 Å². The van der Waals surface area contributed by atoms with Gasteiger partial charge in [0.1, 0.15) is 5.82 Å². The first-order chi connectivity index (χ1) is 14.2. The van der Waals surface area contributed by atoms with Crippen molar-refractivity contribution in [2.75, 3.05) is 19.6 Å². The molecule has 1 amide bonds. The van der Waals surface area contributed by atoms with Gasteiger partial charge in [-0.15, -0.1) is 0 Å². The van der Waals surface area contributed by atoms with E-state index in [1.807, 2.05) is 4.90 Å². The van der Waals surface area contributed by atoms with E-state index < -0.39 is 0 Å². The SMILES string of the molecule is O=C1CCC(N2CCC(Cc3ccccc3)CC2)CCN1Cc1ccc(F)cc1. The second kappa shape index (κ2) is 9.53. The first kappa shape index (κ1) is 20.1. The lowest BCUT2D eigenvalue weighted by Crippen LogP contribution is -2.42. The first-order valence-corrected chi connectivity index (χ1v) is 11.0. The average molecular weight is 395 g/mol. The maximum atomic E-state index is 13.1. The molecule has 2 aromatic carbocycles. The molecule has 1 atom stereocenters. The Morgan fingerprint density at radius 2 is 1.55 bits per heavy atom. The van der Waals surface area contributed by atoms with E-state index in [0.29, 0.717) is 19.0 Å². The summed E-state index contributed by atoms with van der Waals surface area (Å²) in [5.74, 6) is 0.776. The molecule has 2 aliphatic rings. The quantitative estimate of drug-likeness (QED) is 0.736. The van der Waals surface area contributed by atoms with Crippen LogP contribution in [0.2, 0.25) is 0 Å². The van der Waals surface area contributed by atoms with E-state index in [4.69, 9.17) is 0 Å². The van der Waals surface area contributed by atoms with E-state index in [1.165, 1.54) is 37.0 Å². The molecule has 0 aromatic heterocycles. The van der Waals surface area contributed by atoms with E-state index in [2.05, 4.69) is 35.2 Å². The van der Waals surface area contributed by atoms with Crippen LogP contribution >= 0.6 is 0 Å². The molecule has 2 fully saturated rings. The number of amides is 1. The summed E-state index contributed by atoms with van der Waals surface area (Å²) in [6.07, 6.45) is 6.30. The number of hydrogen-bond acceptors (Lipinski definition) is 2. The standard InChI is InChI=1S/C25H31FN2O/c26-23-8-6-22(7-9-23)19-28-17-14-24(10-11-25(28)29)27-15-12-21(13-16-27)18-20-4-2-1-3-5-20/h1-9,21,24H,10-19H2. The van der Waals surface area contributed by atoms with Gasteiger partial charge in [0.15, 0.2) is 0 Å². The highest BCUT2D eigenvalue weighted by atomic mass is 19.1. The monoisotopic (exact) mass is 394 g/mol. The number of rotatable bonds is 5. The fraction of sp³-hybridized carbons (Fsp3) is 0.480. The summed E-state index contributed by atoms with van der Waals surface area (Å²) in [4.78, 5) is 17.2. The number of halogens is 1. The molecule has 2 aromatic rings. The number of benzene rings is 2. The number of nitrogens with zero attached hydrogens (tertiary/aromatic N) is 2. The minimum absolute atomic E-state index is 0.230. The molecule has 154 valence electrons. The van der Waals surface area contributed by atoms with Crippen molar-refractivity contribution in [3.63, 3.8) is 0 Å². The zero-order valence-electron chi connectivity index (χ0n) is 17.1. The zero-order valence-corrected chi connectivity index (χ0v) is 17.1. The Kier molecular flexibility index (Phi) is 6.60. The Balaban J connectivity index is 1.27. The van der Waals surface area contributed by atoms with E-state index in [9.17, 15) is 9.18 Å². The van der Waals surface area contributed by atoms with Crippen LogP contribution in [-0.4, -0.2) is 41.4 Å². The van der Waals surface area contributed by atoms with Crippen LogP contribution in [0.1, 0.15) is 43.2 Å². The third kappa shape index (κ3) is 5.45. The van der Waals surface area contributed by atoms with Crippen molar-refractivity contribution < 1.29 is 9.18 Å². The van der Waals surface area contributed by atoms with Gasteiger partial charge >= 0.3 is 0 Å². The maximum Gasteiger partial charge on any atom is 0.222 e. The number of carbonyl (C=O) groups is 1. The highest BCUT2D eigenvalue weighted by Crippen LogP contribution is 2.27. The molecule has 0 bridgehead atoms. The van der Waals surface area contributed by atoms with Crippen LogP contribution in [-0.2, 0) is 17.8 Å². The van der Waals surface area contributed by atoms with Crippen LogP contribution in [0.15, 0.2) is 54.6 Å². The Bertz CT molecular complexity index is 784. The van der Waals surface area contributed by atoms with Crippen molar-refractivity contribution in [3.05, 3.63) is 71.5 Å². The summed E-state index contributed by atoms with van der Waals surface area (Å²) >= 11 is 0. The highest BCUT2D eigenvalue weighted by molar-refractivity contribution is 5.76. The molecule has 4 heteroatoms. The van der Waals surface area contributed by atoms with Crippen LogP contribution in [0.5, 0.6) is 0 Å². The van der Waals surface area contributed by atoms with Crippen LogP contribution in [0.25, 0.3) is 0 Å². The zero-order chi connectivity index (χ0) is 20.1. The van der Waals surface area contributed by atoms with Gasteiger partial charge in [0.25, 0.3) is 0 Å². The molecule has 1 unspecified atom stereocenters. The predicted molar refractivity (Wildman–Crippen MR) is 114 cm³/mol. The van der Waals surface area contributed by atoms with E-state index >= 15 is 0 Å². The predicted octanol–water partition coefficient (Wildman–Crippen LogP) is 4.66. The lowest BCUT2D eigenvalue weighted by molar-refractivity contribution is -0.131. The molecule has 2 saturated heterocycles. The smallest absolute Gasteiger partial charge is 0.222 e. The van der Waals surface area contributed by atoms with Gasteiger partial charge in [-0.25, -0.2) is 4.39 Å². The van der Waals surface area contributed by atoms with E-state index in [1.54, 1.807) is 12.1 Å². The molecular formula is C25H31FN2O. The van der Waals surface area contributed by atoms with Gasteiger partial charge in [-0.2, -0.15) is 0 Å². The number of likely N-dealkylation sites (tertiary alicyclic amines) is 2. The largest absolute Gasteiger partial charge is 0.338 e. The Morgan fingerprint density at radius 1 is 0.828 bits per heavy atom. The summed E-state index contributed by atoms with van der Waals surface area (Å²) in [6.45, 7) is 3.68. The van der Waals surface area contributed by atoms with Crippen molar-refractivity contribution >= 4 is 5.91 Å². The molecule has 0 N–H and O–H groups in total. The summed E-state index contributed by atoms with van der Waals surface area (Å²) in [5.41, 5.74) is 2.45. The average Bonchev–Trinajstić information content (AvgIpc) is 2.93. The number of hydrogen-bond donors (Lipinski definition) is 0.